The lowest BCUT2D eigenvalue weighted by Gasteiger charge is -2.39. The Kier molecular flexibility index (Phi) is 5.74. The average Bonchev–Trinajstić information content (AvgIpc) is 2.75. The summed E-state index contributed by atoms with van der Waals surface area (Å²) in [5.74, 6) is -3.64. The standard InChI is InChI=1S/C25H21BrO7/c1-12(2)31-23(29)25(24(30)32-13(3)4)18-16(26)10-7-11-17(18)33-22-19(25)20(27)14-8-5-6-9-15(14)21(22)28/h5-13H,1-4H3. The van der Waals surface area contributed by atoms with Gasteiger partial charge in [0.15, 0.2) is 11.5 Å². The number of carbonyl (C=O) groups excluding carboxylic acids is 4. The average molecular weight is 513 g/mol. The molecule has 2 aliphatic rings. The maximum Gasteiger partial charge on any atom is 0.333 e. The largest absolute Gasteiger partial charge is 0.462 e. The van der Waals surface area contributed by atoms with Crippen LogP contribution >= 0.6 is 15.9 Å². The first-order valence-corrected chi connectivity index (χ1v) is 11.2. The van der Waals surface area contributed by atoms with Crippen molar-refractivity contribution < 1.29 is 33.4 Å². The molecule has 0 unspecified atom stereocenters. The highest BCUT2D eigenvalue weighted by Gasteiger charge is 2.64. The van der Waals surface area contributed by atoms with E-state index in [4.69, 9.17) is 14.2 Å². The predicted octanol–water partition coefficient (Wildman–Crippen LogP) is 4.32. The number of carbonyl (C=O) groups is 4. The van der Waals surface area contributed by atoms with E-state index >= 15 is 0 Å². The molecule has 4 rings (SSSR count). The van der Waals surface area contributed by atoms with E-state index in [2.05, 4.69) is 15.9 Å². The zero-order valence-corrected chi connectivity index (χ0v) is 20.0. The summed E-state index contributed by atoms with van der Waals surface area (Å²) in [4.78, 5) is 54.8. The molecule has 0 N–H and O–H groups in total. The van der Waals surface area contributed by atoms with Crippen LogP contribution in [-0.2, 0) is 24.5 Å². The highest BCUT2D eigenvalue weighted by molar-refractivity contribution is 9.10. The van der Waals surface area contributed by atoms with Crippen molar-refractivity contribution in [1.29, 1.82) is 0 Å². The van der Waals surface area contributed by atoms with Gasteiger partial charge in [-0.1, -0.05) is 46.3 Å². The van der Waals surface area contributed by atoms with Crippen molar-refractivity contribution in [1.82, 2.24) is 0 Å². The summed E-state index contributed by atoms with van der Waals surface area (Å²) >= 11 is 3.40. The summed E-state index contributed by atoms with van der Waals surface area (Å²) < 4.78 is 17.2. The summed E-state index contributed by atoms with van der Waals surface area (Å²) in [7, 11) is 0. The molecule has 2 aromatic carbocycles. The lowest BCUT2D eigenvalue weighted by Crippen LogP contribution is -2.54. The number of ether oxygens (including phenoxy) is 3. The van der Waals surface area contributed by atoms with Crippen molar-refractivity contribution >= 4 is 39.4 Å². The molecule has 1 aliphatic carbocycles. The fourth-order valence-corrected chi connectivity index (χ4v) is 4.72. The molecule has 1 aliphatic heterocycles. The third kappa shape index (κ3) is 3.40. The summed E-state index contributed by atoms with van der Waals surface area (Å²) in [5, 5.41) is 0. The van der Waals surface area contributed by atoms with Crippen LogP contribution in [0.5, 0.6) is 5.75 Å². The van der Waals surface area contributed by atoms with Gasteiger partial charge in [0.25, 0.3) is 0 Å². The van der Waals surface area contributed by atoms with E-state index in [0.29, 0.717) is 4.47 Å². The van der Waals surface area contributed by atoms with Crippen LogP contribution in [0, 0.1) is 0 Å². The van der Waals surface area contributed by atoms with Crippen LogP contribution in [-0.4, -0.2) is 35.7 Å². The second kappa shape index (κ2) is 8.26. The molecule has 0 radical (unpaired) electrons. The van der Waals surface area contributed by atoms with Crippen molar-refractivity contribution in [3.8, 4) is 5.75 Å². The van der Waals surface area contributed by atoms with Gasteiger partial charge in [0.05, 0.1) is 17.8 Å². The topological polar surface area (TPSA) is 96.0 Å². The molecule has 33 heavy (non-hydrogen) atoms. The van der Waals surface area contributed by atoms with Crippen LogP contribution < -0.4 is 4.74 Å². The summed E-state index contributed by atoms with van der Waals surface area (Å²) in [6.45, 7) is 6.49. The molecule has 0 bridgehead atoms. The Balaban J connectivity index is 2.13. The summed E-state index contributed by atoms with van der Waals surface area (Å²) in [6.07, 6.45) is -1.22. The predicted molar refractivity (Wildman–Crippen MR) is 121 cm³/mol. The molecule has 7 nitrogen and oxygen atoms in total. The molecular formula is C25H21BrO7. The van der Waals surface area contributed by atoms with Gasteiger partial charge >= 0.3 is 11.9 Å². The van der Waals surface area contributed by atoms with Crippen LogP contribution in [0.4, 0.5) is 0 Å². The van der Waals surface area contributed by atoms with Gasteiger partial charge in [-0.2, -0.15) is 0 Å². The summed E-state index contributed by atoms with van der Waals surface area (Å²) in [5.41, 5.74) is -2.51. The Morgan fingerprint density at radius 1 is 0.848 bits per heavy atom. The molecule has 170 valence electrons. The van der Waals surface area contributed by atoms with Crippen LogP contribution in [0.3, 0.4) is 0 Å². The zero-order valence-electron chi connectivity index (χ0n) is 18.4. The fraction of sp³-hybridized carbons (Fsp3) is 0.280. The Labute approximate surface area is 198 Å². The minimum Gasteiger partial charge on any atom is -0.462 e. The van der Waals surface area contributed by atoms with E-state index in [-0.39, 0.29) is 28.2 Å². The van der Waals surface area contributed by atoms with E-state index in [1.165, 1.54) is 18.2 Å². The number of hydrogen-bond acceptors (Lipinski definition) is 7. The number of allylic oxidation sites excluding steroid dienone is 1. The molecule has 0 atom stereocenters. The third-order valence-electron chi connectivity index (χ3n) is 5.31. The summed E-state index contributed by atoms with van der Waals surface area (Å²) in [6, 6.07) is 10.9. The number of halogens is 1. The lowest BCUT2D eigenvalue weighted by atomic mass is 9.66. The number of benzene rings is 2. The van der Waals surface area contributed by atoms with Gasteiger partial charge < -0.3 is 14.2 Å². The monoisotopic (exact) mass is 512 g/mol. The van der Waals surface area contributed by atoms with Crippen LogP contribution in [0.25, 0.3) is 0 Å². The number of fused-ring (bicyclic) bond motifs is 2. The minimum atomic E-state index is -2.36. The highest BCUT2D eigenvalue weighted by atomic mass is 79.9. The van der Waals surface area contributed by atoms with Crippen molar-refractivity contribution in [3.05, 3.63) is 75.0 Å². The normalized spacial score (nSPS) is 16.1. The van der Waals surface area contributed by atoms with E-state index in [1.54, 1.807) is 52.0 Å². The molecule has 1 heterocycles. The Bertz CT molecular complexity index is 1220. The molecule has 0 aromatic heterocycles. The van der Waals surface area contributed by atoms with Crippen molar-refractivity contribution in [2.45, 2.75) is 45.3 Å². The van der Waals surface area contributed by atoms with Crippen molar-refractivity contribution in [2.24, 2.45) is 0 Å². The van der Waals surface area contributed by atoms with Gasteiger partial charge in [0.1, 0.15) is 5.75 Å². The Hall–Kier alpha value is -3.26. The number of rotatable bonds is 4. The Morgan fingerprint density at radius 3 is 1.94 bits per heavy atom. The molecule has 0 amide bonds. The SMILES string of the molecule is CC(C)OC(=O)C1(C(=O)OC(C)C)C2=C(Oc3cccc(Br)c31)C(=O)c1ccccc1C2=O. The number of esters is 2. The van der Waals surface area contributed by atoms with Gasteiger partial charge in [-0.15, -0.1) is 0 Å². The van der Waals surface area contributed by atoms with E-state index < -0.39 is 46.7 Å². The molecule has 0 spiro atoms. The molecule has 2 aromatic rings. The van der Waals surface area contributed by atoms with Crippen LogP contribution in [0.15, 0.2) is 58.3 Å². The van der Waals surface area contributed by atoms with Gasteiger partial charge in [0, 0.05) is 21.2 Å². The maximum absolute atomic E-state index is 13.8. The minimum absolute atomic E-state index is 0.0561. The molecule has 0 saturated carbocycles. The first-order chi connectivity index (χ1) is 15.6. The molecule has 0 saturated heterocycles. The van der Waals surface area contributed by atoms with Crippen LogP contribution in [0.2, 0.25) is 0 Å². The second-order valence-electron chi connectivity index (χ2n) is 8.28. The van der Waals surface area contributed by atoms with E-state index in [1.807, 2.05) is 0 Å². The molecular weight excluding hydrogens is 492 g/mol. The van der Waals surface area contributed by atoms with Crippen molar-refractivity contribution in [3.63, 3.8) is 0 Å². The number of ketones is 2. The third-order valence-corrected chi connectivity index (χ3v) is 5.97. The number of hydrogen-bond donors (Lipinski definition) is 0. The van der Waals surface area contributed by atoms with Gasteiger partial charge in [-0.25, -0.2) is 0 Å². The lowest BCUT2D eigenvalue weighted by molar-refractivity contribution is -0.167. The fourth-order valence-electron chi connectivity index (χ4n) is 4.08. The first-order valence-electron chi connectivity index (χ1n) is 10.4. The van der Waals surface area contributed by atoms with Gasteiger partial charge in [0.2, 0.25) is 11.2 Å². The van der Waals surface area contributed by atoms with Crippen LogP contribution in [0.1, 0.15) is 54.0 Å². The first kappa shape index (κ1) is 22.9. The quantitative estimate of drug-likeness (QED) is 0.444. The second-order valence-corrected chi connectivity index (χ2v) is 9.14. The Morgan fingerprint density at radius 2 is 1.39 bits per heavy atom. The van der Waals surface area contributed by atoms with E-state index in [0.717, 1.165) is 0 Å². The van der Waals surface area contributed by atoms with E-state index in [9.17, 15) is 19.2 Å². The number of Topliss-reactive ketones (excluding diaryl/α,β-unsaturated/α-hetero) is 2. The maximum atomic E-state index is 13.8. The molecule has 8 heteroatoms. The van der Waals surface area contributed by atoms with Gasteiger partial charge in [-0.3, -0.25) is 19.2 Å². The van der Waals surface area contributed by atoms with Crippen molar-refractivity contribution in [2.75, 3.05) is 0 Å². The molecule has 0 fully saturated rings. The highest BCUT2D eigenvalue weighted by Crippen LogP contribution is 2.52. The zero-order chi connectivity index (χ0) is 24.1. The van der Waals surface area contributed by atoms with Gasteiger partial charge in [-0.05, 0) is 39.8 Å². The smallest absolute Gasteiger partial charge is 0.333 e.